The predicted octanol–water partition coefficient (Wildman–Crippen LogP) is 4.05. The van der Waals surface area contributed by atoms with Crippen molar-refractivity contribution in [3.63, 3.8) is 0 Å². The lowest BCUT2D eigenvalue weighted by Gasteiger charge is -2.31. The van der Waals surface area contributed by atoms with Crippen LogP contribution in [0, 0.1) is 11.6 Å². The Labute approximate surface area is 159 Å². The van der Waals surface area contributed by atoms with E-state index in [0.29, 0.717) is 11.4 Å². The van der Waals surface area contributed by atoms with Gasteiger partial charge in [0.05, 0.1) is 11.6 Å². The quantitative estimate of drug-likeness (QED) is 0.689. The zero-order chi connectivity index (χ0) is 18.8. The maximum absolute atomic E-state index is 14.4. The summed E-state index contributed by atoms with van der Waals surface area (Å²) in [6.45, 7) is 1.66. The topological polar surface area (TPSA) is 53.2 Å². The molecule has 4 nitrogen and oxygen atoms in total. The molecule has 1 atom stereocenters. The molecule has 2 aromatic carbocycles. The Morgan fingerprint density at radius 2 is 1.88 bits per heavy atom. The third kappa shape index (κ3) is 3.68. The summed E-state index contributed by atoms with van der Waals surface area (Å²) in [4.78, 5) is 12.8. The van der Waals surface area contributed by atoms with E-state index in [0.717, 1.165) is 0 Å². The monoisotopic (exact) mass is 393 g/mol. The minimum atomic E-state index is -0.863. The number of hydrogen-bond donors (Lipinski definition) is 3. The van der Waals surface area contributed by atoms with Crippen molar-refractivity contribution < 1.29 is 13.6 Å². The molecule has 1 aliphatic rings. The number of anilines is 1. The number of benzene rings is 2. The average molecular weight is 394 g/mol. The molecule has 1 aliphatic heterocycles. The number of carbonyl (C=O) groups is 1. The van der Waals surface area contributed by atoms with Gasteiger partial charge in [-0.15, -0.1) is 0 Å². The predicted molar refractivity (Wildman–Crippen MR) is 101 cm³/mol. The van der Waals surface area contributed by atoms with Gasteiger partial charge in [-0.25, -0.2) is 8.78 Å². The molecule has 1 unspecified atom stereocenters. The SMILES string of the molecule is CC1=C(C(=O)Nc2ccc(F)cc2)C(c2c(F)cccc2Cl)NC(=S)N1. The lowest BCUT2D eigenvalue weighted by molar-refractivity contribution is -0.113. The van der Waals surface area contributed by atoms with Crippen molar-refractivity contribution in [1.29, 1.82) is 0 Å². The van der Waals surface area contributed by atoms with Gasteiger partial charge in [-0.3, -0.25) is 4.79 Å². The molecule has 0 aliphatic carbocycles. The van der Waals surface area contributed by atoms with Crippen LogP contribution < -0.4 is 16.0 Å². The molecule has 134 valence electrons. The average Bonchev–Trinajstić information content (AvgIpc) is 2.56. The number of carbonyl (C=O) groups excluding carboxylic acids is 1. The standard InChI is InChI=1S/C18H14ClF2N3OS/c1-9-14(17(25)23-11-7-5-10(20)6-8-11)16(24-18(26)22-9)15-12(19)3-2-4-13(15)21/h2-8,16H,1H3,(H,23,25)(H2,22,24,26). The molecule has 3 rings (SSSR count). The van der Waals surface area contributed by atoms with Gasteiger partial charge in [0.1, 0.15) is 11.6 Å². The molecule has 0 saturated carbocycles. The minimum absolute atomic E-state index is 0.127. The maximum atomic E-state index is 14.4. The summed E-state index contributed by atoms with van der Waals surface area (Å²) in [5, 5.41) is 8.84. The molecule has 3 N–H and O–H groups in total. The first-order valence-electron chi connectivity index (χ1n) is 7.66. The first-order valence-corrected chi connectivity index (χ1v) is 8.44. The van der Waals surface area contributed by atoms with E-state index < -0.39 is 23.6 Å². The van der Waals surface area contributed by atoms with Crippen molar-refractivity contribution in [1.82, 2.24) is 10.6 Å². The molecule has 0 bridgehead atoms. The highest BCUT2D eigenvalue weighted by Crippen LogP contribution is 2.34. The van der Waals surface area contributed by atoms with E-state index in [1.165, 1.54) is 42.5 Å². The Kier molecular flexibility index (Phi) is 5.20. The molecule has 0 fully saturated rings. The van der Waals surface area contributed by atoms with Gasteiger partial charge >= 0.3 is 0 Å². The molecular formula is C18H14ClF2N3OS. The third-order valence-corrected chi connectivity index (χ3v) is 4.45. The van der Waals surface area contributed by atoms with Crippen molar-refractivity contribution in [3.8, 4) is 0 Å². The normalized spacial score (nSPS) is 16.8. The molecule has 2 aromatic rings. The Bertz CT molecular complexity index is 895. The zero-order valence-corrected chi connectivity index (χ0v) is 15.1. The summed E-state index contributed by atoms with van der Waals surface area (Å²) in [5.41, 5.74) is 1.23. The number of amides is 1. The van der Waals surface area contributed by atoms with Crippen LogP contribution in [0.5, 0.6) is 0 Å². The van der Waals surface area contributed by atoms with Crippen LogP contribution >= 0.6 is 23.8 Å². The smallest absolute Gasteiger partial charge is 0.255 e. The van der Waals surface area contributed by atoms with Crippen LogP contribution in [0.3, 0.4) is 0 Å². The van der Waals surface area contributed by atoms with E-state index in [1.54, 1.807) is 6.92 Å². The van der Waals surface area contributed by atoms with Gasteiger partial charge in [-0.1, -0.05) is 17.7 Å². The van der Waals surface area contributed by atoms with Crippen molar-refractivity contribution >= 4 is 40.5 Å². The lowest BCUT2D eigenvalue weighted by Crippen LogP contribution is -2.46. The highest BCUT2D eigenvalue weighted by atomic mass is 35.5. The molecule has 0 spiro atoms. The first kappa shape index (κ1) is 18.3. The van der Waals surface area contributed by atoms with Crippen LogP contribution in [-0.2, 0) is 4.79 Å². The number of halogens is 3. The molecule has 1 heterocycles. The van der Waals surface area contributed by atoms with Gasteiger partial charge < -0.3 is 16.0 Å². The van der Waals surface area contributed by atoms with Crippen LogP contribution in [0.4, 0.5) is 14.5 Å². The van der Waals surface area contributed by atoms with Crippen LogP contribution in [0.1, 0.15) is 18.5 Å². The number of nitrogens with one attached hydrogen (secondary N) is 3. The fourth-order valence-electron chi connectivity index (χ4n) is 2.73. The van der Waals surface area contributed by atoms with Gasteiger partial charge in [0.15, 0.2) is 5.11 Å². The molecule has 8 heteroatoms. The molecule has 1 amide bonds. The van der Waals surface area contributed by atoms with Gasteiger partial charge in [0.25, 0.3) is 5.91 Å². The molecule has 0 radical (unpaired) electrons. The fourth-order valence-corrected chi connectivity index (χ4v) is 3.27. The summed E-state index contributed by atoms with van der Waals surface area (Å²) in [6.07, 6.45) is 0. The lowest BCUT2D eigenvalue weighted by atomic mass is 9.94. The second-order valence-electron chi connectivity index (χ2n) is 5.67. The number of hydrogen-bond acceptors (Lipinski definition) is 2. The molecule has 26 heavy (non-hydrogen) atoms. The Morgan fingerprint density at radius 1 is 1.19 bits per heavy atom. The first-order chi connectivity index (χ1) is 12.4. The van der Waals surface area contributed by atoms with Crippen LogP contribution in [0.2, 0.25) is 5.02 Å². The Hall–Kier alpha value is -2.51. The van der Waals surface area contributed by atoms with Crippen molar-refractivity contribution in [2.24, 2.45) is 0 Å². The molecule has 0 aromatic heterocycles. The summed E-state index contributed by atoms with van der Waals surface area (Å²) in [7, 11) is 0. The van der Waals surface area contributed by atoms with Gasteiger partial charge in [-0.05, 0) is 55.5 Å². The van der Waals surface area contributed by atoms with Crippen LogP contribution in [-0.4, -0.2) is 11.0 Å². The van der Waals surface area contributed by atoms with E-state index in [1.807, 2.05) is 0 Å². The maximum Gasteiger partial charge on any atom is 0.255 e. The summed E-state index contributed by atoms with van der Waals surface area (Å²) in [6, 6.07) is 8.75. The second-order valence-corrected chi connectivity index (χ2v) is 6.48. The largest absolute Gasteiger partial charge is 0.351 e. The van der Waals surface area contributed by atoms with Crippen LogP contribution in [0.25, 0.3) is 0 Å². The van der Waals surface area contributed by atoms with Crippen LogP contribution in [0.15, 0.2) is 53.7 Å². The van der Waals surface area contributed by atoms with E-state index >= 15 is 0 Å². The molecule has 0 saturated heterocycles. The highest BCUT2D eigenvalue weighted by molar-refractivity contribution is 7.80. The number of allylic oxidation sites excluding steroid dienone is 1. The third-order valence-electron chi connectivity index (χ3n) is 3.90. The van der Waals surface area contributed by atoms with E-state index in [9.17, 15) is 13.6 Å². The Balaban J connectivity index is 2.00. The number of rotatable bonds is 3. The summed E-state index contributed by atoms with van der Waals surface area (Å²) >= 11 is 11.3. The minimum Gasteiger partial charge on any atom is -0.351 e. The van der Waals surface area contributed by atoms with Gasteiger partial charge in [0.2, 0.25) is 0 Å². The number of thiocarbonyl (C=S) groups is 1. The Morgan fingerprint density at radius 3 is 2.54 bits per heavy atom. The second kappa shape index (κ2) is 7.39. The van der Waals surface area contributed by atoms with E-state index in [-0.39, 0.29) is 21.3 Å². The zero-order valence-electron chi connectivity index (χ0n) is 13.6. The summed E-state index contributed by atoms with van der Waals surface area (Å²) in [5.74, 6) is -1.46. The van der Waals surface area contributed by atoms with Gasteiger partial charge in [-0.2, -0.15) is 0 Å². The van der Waals surface area contributed by atoms with Gasteiger partial charge in [0, 0.05) is 22.0 Å². The van der Waals surface area contributed by atoms with Crippen molar-refractivity contribution in [2.45, 2.75) is 13.0 Å². The van der Waals surface area contributed by atoms with Crippen molar-refractivity contribution in [2.75, 3.05) is 5.32 Å². The van der Waals surface area contributed by atoms with E-state index in [4.69, 9.17) is 23.8 Å². The van der Waals surface area contributed by atoms with E-state index in [2.05, 4.69) is 16.0 Å². The summed E-state index contributed by atoms with van der Waals surface area (Å²) < 4.78 is 27.5. The fraction of sp³-hybridized carbons (Fsp3) is 0.111. The highest BCUT2D eigenvalue weighted by Gasteiger charge is 2.33. The molecular weight excluding hydrogens is 380 g/mol. The van der Waals surface area contributed by atoms with Crippen molar-refractivity contribution in [3.05, 3.63) is 76.0 Å².